The Bertz CT molecular complexity index is 642. The molecule has 1 atom stereocenters. The molecule has 0 aliphatic rings. The summed E-state index contributed by atoms with van der Waals surface area (Å²) in [4.78, 5) is 12.2. The minimum atomic E-state index is 0.122. The highest BCUT2D eigenvalue weighted by atomic mass is 35.5. The lowest BCUT2D eigenvalue weighted by atomic mass is 9.91. The average molecular weight is 333 g/mol. The first-order valence-corrected chi connectivity index (χ1v) is 8.06. The van der Waals surface area contributed by atoms with Gasteiger partial charge in [0.15, 0.2) is 5.78 Å². The van der Waals surface area contributed by atoms with E-state index >= 15 is 0 Å². The molecule has 0 bridgehead atoms. The van der Waals surface area contributed by atoms with Crippen molar-refractivity contribution in [2.45, 2.75) is 25.7 Å². The highest BCUT2D eigenvalue weighted by Crippen LogP contribution is 2.25. The van der Waals surface area contributed by atoms with Gasteiger partial charge in [-0.3, -0.25) is 4.79 Å². The molecule has 0 saturated carbocycles. The third kappa shape index (κ3) is 5.01. The van der Waals surface area contributed by atoms with Gasteiger partial charge in [0.1, 0.15) is 0 Å². The van der Waals surface area contributed by atoms with Crippen LogP contribution in [0, 0.1) is 0 Å². The lowest BCUT2D eigenvalue weighted by molar-refractivity contribution is -0.114. The molecule has 22 heavy (non-hydrogen) atoms. The number of rotatable bonds is 6. The molecule has 0 amide bonds. The largest absolute Gasteiger partial charge is 0.295 e. The molecule has 0 heterocycles. The van der Waals surface area contributed by atoms with Crippen LogP contribution in [-0.2, 0) is 4.79 Å². The second-order valence-corrected chi connectivity index (χ2v) is 6.08. The fourth-order valence-electron chi connectivity index (χ4n) is 2.31. The van der Waals surface area contributed by atoms with E-state index in [4.69, 9.17) is 23.2 Å². The number of halogens is 2. The second kappa shape index (κ2) is 8.17. The molecular weight excluding hydrogens is 315 g/mol. The second-order valence-electron chi connectivity index (χ2n) is 5.21. The molecule has 0 saturated heterocycles. The Morgan fingerprint density at radius 2 is 1.55 bits per heavy atom. The van der Waals surface area contributed by atoms with Gasteiger partial charge in [-0.25, -0.2) is 0 Å². The Morgan fingerprint density at radius 1 is 1.00 bits per heavy atom. The predicted molar refractivity (Wildman–Crippen MR) is 94.6 cm³/mol. The monoisotopic (exact) mass is 332 g/mol. The van der Waals surface area contributed by atoms with Gasteiger partial charge >= 0.3 is 0 Å². The maximum atomic E-state index is 12.2. The summed E-state index contributed by atoms with van der Waals surface area (Å²) in [6.45, 7) is 2.09. The molecule has 2 aromatic rings. The lowest BCUT2D eigenvalue weighted by Gasteiger charge is -2.13. The van der Waals surface area contributed by atoms with E-state index in [1.807, 2.05) is 54.6 Å². The maximum absolute atomic E-state index is 12.2. The Morgan fingerprint density at radius 3 is 2.09 bits per heavy atom. The quantitative estimate of drug-likeness (QED) is 0.579. The summed E-state index contributed by atoms with van der Waals surface area (Å²) in [5.41, 5.74) is 2.12. The molecular formula is C19H18Cl2O. The van der Waals surface area contributed by atoms with Crippen molar-refractivity contribution in [2.24, 2.45) is 0 Å². The SMILES string of the molecule is CC[C@@H](CC(=O)/C=C/c1ccc(Cl)cc1)c1ccc(Cl)cc1. The van der Waals surface area contributed by atoms with Crippen molar-refractivity contribution in [3.05, 3.63) is 75.8 Å². The molecule has 0 radical (unpaired) electrons. The molecule has 2 aromatic carbocycles. The lowest BCUT2D eigenvalue weighted by Crippen LogP contribution is -2.04. The van der Waals surface area contributed by atoms with Crippen LogP contribution in [0.1, 0.15) is 36.8 Å². The predicted octanol–water partition coefficient (Wildman–Crippen LogP) is 6.16. The maximum Gasteiger partial charge on any atom is 0.156 e. The summed E-state index contributed by atoms with van der Waals surface area (Å²) < 4.78 is 0. The van der Waals surface area contributed by atoms with Gasteiger partial charge in [0.25, 0.3) is 0 Å². The molecule has 2 rings (SSSR count). The molecule has 0 unspecified atom stereocenters. The third-order valence-corrected chi connectivity index (χ3v) is 4.12. The summed E-state index contributed by atoms with van der Waals surface area (Å²) in [6.07, 6.45) is 4.89. The van der Waals surface area contributed by atoms with Gasteiger partial charge in [-0.2, -0.15) is 0 Å². The van der Waals surface area contributed by atoms with Crippen LogP contribution < -0.4 is 0 Å². The Labute approximate surface area is 141 Å². The van der Waals surface area contributed by atoms with E-state index in [1.165, 1.54) is 0 Å². The molecule has 0 spiro atoms. The number of ketones is 1. The van der Waals surface area contributed by atoms with Crippen LogP contribution in [0.25, 0.3) is 6.08 Å². The van der Waals surface area contributed by atoms with E-state index in [0.29, 0.717) is 16.5 Å². The van der Waals surface area contributed by atoms with Gasteiger partial charge < -0.3 is 0 Å². The van der Waals surface area contributed by atoms with E-state index < -0.39 is 0 Å². The Balaban J connectivity index is 2.00. The molecule has 3 heteroatoms. The molecule has 1 nitrogen and oxygen atoms in total. The van der Waals surface area contributed by atoms with Crippen LogP contribution in [0.15, 0.2) is 54.6 Å². The van der Waals surface area contributed by atoms with E-state index in [2.05, 4.69) is 6.92 Å². The first-order valence-electron chi connectivity index (χ1n) is 7.30. The van der Waals surface area contributed by atoms with Crippen molar-refractivity contribution >= 4 is 35.1 Å². The third-order valence-electron chi connectivity index (χ3n) is 3.61. The summed E-state index contributed by atoms with van der Waals surface area (Å²) in [7, 11) is 0. The average Bonchev–Trinajstić information content (AvgIpc) is 2.53. The van der Waals surface area contributed by atoms with Crippen LogP contribution >= 0.6 is 23.2 Å². The van der Waals surface area contributed by atoms with Crippen molar-refractivity contribution in [3.63, 3.8) is 0 Å². The fraction of sp³-hybridized carbons (Fsp3) is 0.211. The topological polar surface area (TPSA) is 17.1 Å². The summed E-state index contributed by atoms with van der Waals surface area (Å²) in [5, 5.41) is 1.41. The van der Waals surface area contributed by atoms with Gasteiger partial charge in [-0.1, -0.05) is 60.5 Å². The van der Waals surface area contributed by atoms with Crippen LogP contribution in [0.5, 0.6) is 0 Å². The van der Waals surface area contributed by atoms with Gasteiger partial charge in [0.05, 0.1) is 0 Å². The fourth-order valence-corrected chi connectivity index (χ4v) is 2.56. The number of hydrogen-bond acceptors (Lipinski definition) is 1. The zero-order valence-electron chi connectivity index (χ0n) is 12.4. The summed E-state index contributed by atoms with van der Waals surface area (Å²) in [6, 6.07) is 15.1. The number of carbonyl (C=O) groups excluding carboxylic acids is 1. The first kappa shape index (κ1) is 16.8. The molecule has 0 N–H and O–H groups in total. The highest BCUT2D eigenvalue weighted by Gasteiger charge is 2.12. The zero-order chi connectivity index (χ0) is 15.9. The van der Waals surface area contributed by atoms with Crippen LogP contribution in [-0.4, -0.2) is 5.78 Å². The van der Waals surface area contributed by atoms with Gasteiger partial charge in [0, 0.05) is 16.5 Å². The molecule has 114 valence electrons. The van der Waals surface area contributed by atoms with Crippen molar-refractivity contribution < 1.29 is 4.79 Å². The van der Waals surface area contributed by atoms with Crippen LogP contribution in [0.4, 0.5) is 0 Å². The molecule has 0 aliphatic heterocycles. The minimum Gasteiger partial charge on any atom is -0.295 e. The van der Waals surface area contributed by atoms with E-state index in [-0.39, 0.29) is 11.7 Å². The van der Waals surface area contributed by atoms with Crippen molar-refractivity contribution in [3.8, 4) is 0 Å². The van der Waals surface area contributed by atoms with E-state index in [0.717, 1.165) is 17.5 Å². The Kier molecular flexibility index (Phi) is 6.23. The normalized spacial score (nSPS) is 12.5. The highest BCUT2D eigenvalue weighted by molar-refractivity contribution is 6.30. The van der Waals surface area contributed by atoms with Crippen molar-refractivity contribution in [1.82, 2.24) is 0 Å². The van der Waals surface area contributed by atoms with Crippen molar-refractivity contribution in [1.29, 1.82) is 0 Å². The number of benzene rings is 2. The van der Waals surface area contributed by atoms with Gasteiger partial charge in [-0.05, 0) is 53.8 Å². The molecule has 0 aromatic heterocycles. The van der Waals surface area contributed by atoms with Crippen molar-refractivity contribution in [2.75, 3.05) is 0 Å². The summed E-state index contributed by atoms with van der Waals surface area (Å²) in [5.74, 6) is 0.344. The number of carbonyl (C=O) groups is 1. The van der Waals surface area contributed by atoms with Gasteiger partial charge in [-0.15, -0.1) is 0 Å². The molecule has 0 fully saturated rings. The smallest absolute Gasteiger partial charge is 0.156 e. The number of allylic oxidation sites excluding steroid dienone is 1. The van der Waals surface area contributed by atoms with Crippen LogP contribution in [0.2, 0.25) is 10.0 Å². The Hall–Kier alpha value is -1.57. The first-order chi connectivity index (χ1) is 10.6. The summed E-state index contributed by atoms with van der Waals surface area (Å²) >= 11 is 11.7. The van der Waals surface area contributed by atoms with Gasteiger partial charge in [0.2, 0.25) is 0 Å². The van der Waals surface area contributed by atoms with Crippen LogP contribution in [0.3, 0.4) is 0 Å². The number of hydrogen-bond donors (Lipinski definition) is 0. The van der Waals surface area contributed by atoms with E-state index in [1.54, 1.807) is 6.08 Å². The molecule has 0 aliphatic carbocycles. The standard InChI is InChI=1S/C19H18Cl2O/c1-2-15(16-6-10-18(21)11-7-16)13-19(22)12-5-14-3-8-17(20)9-4-14/h3-12,15H,2,13H2,1H3/b12-5+/t15-/m0/s1. The van der Waals surface area contributed by atoms with E-state index in [9.17, 15) is 4.79 Å². The minimum absolute atomic E-state index is 0.122. The zero-order valence-corrected chi connectivity index (χ0v) is 13.9.